The van der Waals surface area contributed by atoms with Gasteiger partial charge in [0.25, 0.3) is 0 Å². The number of benzene rings is 1. The average Bonchev–Trinajstić information content (AvgIpc) is 2.90. The Morgan fingerprint density at radius 3 is 2.57 bits per heavy atom. The lowest BCUT2D eigenvalue weighted by atomic mass is 10.1. The first-order chi connectivity index (χ1) is 10.2. The lowest BCUT2D eigenvalue weighted by Crippen LogP contribution is -2.17. The van der Waals surface area contributed by atoms with Crippen molar-refractivity contribution in [1.82, 2.24) is 5.32 Å². The molecule has 1 aliphatic heterocycles. The first kappa shape index (κ1) is 14.8. The van der Waals surface area contributed by atoms with Gasteiger partial charge in [-0.05, 0) is 38.0 Å². The number of rotatable bonds is 3. The molecule has 2 rings (SSSR count). The van der Waals surface area contributed by atoms with Gasteiger partial charge in [-0.2, -0.15) is 4.99 Å². The van der Waals surface area contributed by atoms with Crippen LogP contribution in [-0.4, -0.2) is 12.1 Å². The summed E-state index contributed by atoms with van der Waals surface area (Å²) >= 11 is 0. The summed E-state index contributed by atoms with van der Waals surface area (Å²) in [6, 6.07) is 10.7. The van der Waals surface area contributed by atoms with E-state index in [9.17, 15) is 4.79 Å². The lowest BCUT2D eigenvalue weighted by Gasteiger charge is -2.05. The Morgan fingerprint density at radius 1 is 1.29 bits per heavy atom. The van der Waals surface area contributed by atoms with E-state index in [0.717, 1.165) is 34.5 Å². The molecule has 0 unspecified atom stereocenters. The van der Waals surface area contributed by atoms with E-state index < -0.39 is 0 Å². The van der Waals surface area contributed by atoms with Crippen LogP contribution in [0.2, 0.25) is 0 Å². The van der Waals surface area contributed by atoms with Crippen LogP contribution in [0.5, 0.6) is 0 Å². The quantitative estimate of drug-likeness (QED) is 0.682. The second-order valence-corrected chi connectivity index (χ2v) is 4.99. The molecule has 0 aromatic heterocycles. The van der Waals surface area contributed by atoms with Gasteiger partial charge in [-0.3, -0.25) is 0 Å². The molecule has 0 saturated carbocycles. The summed E-state index contributed by atoms with van der Waals surface area (Å²) in [5, 5.41) is 3.31. The van der Waals surface area contributed by atoms with Gasteiger partial charge in [-0.1, -0.05) is 35.8 Å². The standard InChI is InChI=1S/C18H18N2O/c1-4-10-19-18-16(13(2)3)12-17(20-18)15-7-5-14(6-8-15)9-11-21/h5-8,11-12H,9H2,1-3H3,(H,19,20). The number of carbonyl (C=O) groups excluding carboxylic acids is 1. The second kappa shape index (κ2) is 6.71. The molecular formula is C18H18N2O. The zero-order chi connectivity index (χ0) is 15.2. The monoisotopic (exact) mass is 278 g/mol. The maximum atomic E-state index is 10.5. The van der Waals surface area contributed by atoms with Crippen LogP contribution in [0.25, 0.3) is 5.70 Å². The summed E-state index contributed by atoms with van der Waals surface area (Å²) in [7, 11) is 0. The van der Waals surface area contributed by atoms with Crippen molar-refractivity contribution in [2.45, 2.75) is 27.2 Å². The first-order valence-corrected chi connectivity index (χ1v) is 6.84. The molecule has 0 aliphatic carbocycles. The predicted molar refractivity (Wildman–Crippen MR) is 86.6 cm³/mol. The largest absolute Gasteiger partial charge is 0.339 e. The van der Waals surface area contributed by atoms with Gasteiger partial charge in [0.15, 0.2) is 0 Å². The lowest BCUT2D eigenvalue weighted by molar-refractivity contribution is -0.107. The molecule has 1 heterocycles. The zero-order valence-electron chi connectivity index (χ0n) is 12.5. The number of carbonyl (C=O) groups is 1. The van der Waals surface area contributed by atoms with Crippen molar-refractivity contribution in [3.63, 3.8) is 0 Å². The third kappa shape index (κ3) is 3.49. The maximum Gasteiger partial charge on any atom is 0.148 e. The Bertz CT molecular complexity index is 691. The minimum Gasteiger partial charge on any atom is -0.339 e. The summed E-state index contributed by atoms with van der Waals surface area (Å²) in [5.74, 6) is 3.56. The molecule has 0 spiro atoms. The van der Waals surface area contributed by atoms with E-state index in [1.807, 2.05) is 24.3 Å². The van der Waals surface area contributed by atoms with E-state index >= 15 is 0 Å². The minimum atomic E-state index is 0.449. The molecule has 3 heteroatoms. The molecule has 1 aromatic rings. The Hall–Kier alpha value is -2.60. The molecule has 1 N–H and O–H groups in total. The van der Waals surface area contributed by atoms with Gasteiger partial charge in [0.2, 0.25) is 0 Å². The number of nitrogens with one attached hydrogen (secondary N) is 1. The highest BCUT2D eigenvalue weighted by Crippen LogP contribution is 2.23. The summed E-state index contributed by atoms with van der Waals surface area (Å²) in [6.07, 6.45) is 3.45. The highest BCUT2D eigenvalue weighted by molar-refractivity contribution is 6.11. The van der Waals surface area contributed by atoms with Gasteiger partial charge < -0.3 is 10.1 Å². The fourth-order valence-electron chi connectivity index (χ4n) is 2.10. The Kier molecular flexibility index (Phi) is 4.73. The van der Waals surface area contributed by atoms with Gasteiger partial charge in [0.1, 0.15) is 12.1 Å². The molecule has 3 nitrogen and oxygen atoms in total. The molecule has 0 fully saturated rings. The molecule has 0 radical (unpaired) electrons. The molecule has 1 aliphatic rings. The molecule has 21 heavy (non-hydrogen) atoms. The summed E-state index contributed by atoms with van der Waals surface area (Å²) in [4.78, 5) is 14.8. The van der Waals surface area contributed by atoms with Crippen molar-refractivity contribution in [1.29, 1.82) is 0 Å². The van der Waals surface area contributed by atoms with Gasteiger partial charge >= 0.3 is 0 Å². The van der Waals surface area contributed by atoms with Crippen LogP contribution in [0.4, 0.5) is 0 Å². The number of allylic oxidation sites excluding steroid dienone is 1. The van der Waals surface area contributed by atoms with Crippen molar-refractivity contribution in [3.05, 3.63) is 52.6 Å². The summed E-state index contributed by atoms with van der Waals surface area (Å²) in [5.41, 5.74) is 5.34. The highest BCUT2D eigenvalue weighted by atomic mass is 16.1. The number of amidine groups is 1. The van der Waals surface area contributed by atoms with Crippen molar-refractivity contribution in [3.8, 4) is 12.0 Å². The van der Waals surface area contributed by atoms with E-state index in [2.05, 4.69) is 42.2 Å². The van der Waals surface area contributed by atoms with E-state index in [0.29, 0.717) is 6.42 Å². The second-order valence-electron chi connectivity index (χ2n) is 4.99. The van der Waals surface area contributed by atoms with Crippen LogP contribution in [0, 0.1) is 12.0 Å². The molecule has 106 valence electrons. The summed E-state index contributed by atoms with van der Waals surface area (Å²) in [6.45, 7) is 5.87. The van der Waals surface area contributed by atoms with Gasteiger partial charge in [0, 0.05) is 23.7 Å². The van der Waals surface area contributed by atoms with Crippen LogP contribution in [-0.2, 0) is 11.2 Å². The van der Waals surface area contributed by atoms with Gasteiger partial charge in [0.05, 0.1) is 0 Å². The fraction of sp³-hybridized carbons (Fsp3) is 0.222. The number of aldehydes is 1. The SMILES string of the molecule is CC#CN=C1NC(c2ccc(CC=O)cc2)=CC1=C(C)C. The third-order valence-corrected chi connectivity index (χ3v) is 3.20. The highest BCUT2D eigenvalue weighted by Gasteiger charge is 2.18. The topological polar surface area (TPSA) is 41.5 Å². The number of hydrogen-bond acceptors (Lipinski definition) is 2. The van der Waals surface area contributed by atoms with Crippen LogP contribution in [0.15, 0.2) is 46.5 Å². The van der Waals surface area contributed by atoms with Crippen molar-refractivity contribution in [2.75, 3.05) is 0 Å². The molecular weight excluding hydrogens is 260 g/mol. The van der Waals surface area contributed by atoms with Crippen LogP contribution in [0.3, 0.4) is 0 Å². The first-order valence-electron chi connectivity index (χ1n) is 6.84. The van der Waals surface area contributed by atoms with E-state index in [-0.39, 0.29) is 0 Å². The maximum absolute atomic E-state index is 10.5. The smallest absolute Gasteiger partial charge is 0.148 e. The molecule has 1 aromatic carbocycles. The Balaban J connectivity index is 2.32. The average molecular weight is 278 g/mol. The van der Waals surface area contributed by atoms with Gasteiger partial charge in [-0.25, -0.2) is 0 Å². The number of hydrogen-bond donors (Lipinski definition) is 1. The van der Waals surface area contributed by atoms with Crippen molar-refractivity contribution in [2.24, 2.45) is 4.99 Å². The van der Waals surface area contributed by atoms with E-state index in [1.165, 1.54) is 5.57 Å². The van der Waals surface area contributed by atoms with E-state index in [4.69, 9.17) is 0 Å². The van der Waals surface area contributed by atoms with Crippen molar-refractivity contribution >= 4 is 17.8 Å². The third-order valence-electron chi connectivity index (χ3n) is 3.20. The van der Waals surface area contributed by atoms with Crippen LogP contribution >= 0.6 is 0 Å². The minimum absolute atomic E-state index is 0.449. The van der Waals surface area contributed by atoms with Gasteiger partial charge in [-0.15, -0.1) is 0 Å². The zero-order valence-corrected chi connectivity index (χ0v) is 12.5. The molecule has 0 amide bonds. The van der Waals surface area contributed by atoms with Crippen LogP contribution in [0.1, 0.15) is 31.9 Å². The van der Waals surface area contributed by atoms with Crippen molar-refractivity contribution < 1.29 is 4.79 Å². The Morgan fingerprint density at radius 2 is 2.00 bits per heavy atom. The number of nitrogens with zero attached hydrogens (tertiary/aromatic N) is 1. The molecule has 0 bridgehead atoms. The normalized spacial score (nSPS) is 15.1. The Labute approximate surface area is 125 Å². The van der Waals surface area contributed by atoms with E-state index in [1.54, 1.807) is 6.92 Å². The predicted octanol–water partition coefficient (Wildman–Crippen LogP) is 3.09. The summed E-state index contributed by atoms with van der Waals surface area (Å²) < 4.78 is 0. The molecule has 0 atom stereocenters. The number of aliphatic imine (C=N–C) groups is 1. The van der Waals surface area contributed by atoms with Crippen LogP contribution < -0.4 is 5.32 Å². The fourth-order valence-corrected chi connectivity index (χ4v) is 2.10. The molecule has 0 saturated heterocycles.